The van der Waals surface area contributed by atoms with Gasteiger partial charge in [0.15, 0.2) is 0 Å². The fraction of sp³-hybridized carbons (Fsp3) is 0.440. The van der Waals surface area contributed by atoms with Crippen molar-refractivity contribution in [2.45, 2.75) is 37.9 Å². The number of ether oxygens (including phenoxy) is 1. The lowest BCUT2D eigenvalue weighted by molar-refractivity contribution is -0.161. The maximum atomic E-state index is 13.0. The number of fused-ring (bicyclic) bond motifs is 1. The fourth-order valence-electron chi connectivity index (χ4n) is 4.96. The molecule has 2 aliphatic rings. The maximum Gasteiger partial charge on any atom is 0.255 e. The Bertz CT molecular complexity index is 1070. The van der Waals surface area contributed by atoms with E-state index in [-0.39, 0.29) is 11.5 Å². The summed E-state index contributed by atoms with van der Waals surface area (Å²) in [6.45, 7) is 5.58. The second-order valence-electron chi connectivity index (χ2n) is 8.96. The number of benzene rings is 2. The minimum absolute atomic E-state index is 0.0404. The van der Waals surface area contributed by atoms with E-state index in [1.165, 1.54) is 5.56 Å². The maximum absolute atomic E-state index is 13.0. The first-order chi connectivity index (χ1) is 15.0. The molecule has 1 amide bonds. The molecule has 0 saturated carbocycles. The smallest absolute Gasteiger partial charge is 0.255 e. The van der Waals surface area contributed by atoms with E-state index in [0.717, 1.165) is 55.5 Å². The Balaban J connectivity index is 1.29. The lowest BCUT2D eigenvalue weighted by atomic mass is 9.88. The number of morpholine rings is 1. The summed E-state index contributed by atoms with van der Waals surface area (Å²) < 4.78 is 8.21. The van der Waals surface area contributed by atoms with Gasteiger partial charge in [-0.25, -0.2) is 0 Å². The molecule has 0 N–H and O–H groups in total. The molecule has 5 rings (SSSR count). The molecule has 162 valence electrons. The van der Waals surface area contributed by atoms with Crippen molar-refractivity contribution in [2.24, 2.45) is 7.05 Å². The molecule has 1 atom stereocenters. The third-order valence-electron chi connectivity index (χ3n) is 6.86. The van der Waals surface area contributed by atoms with Crippen molar-refractivity contribution in [2.75, 3.05) is 31.1 Å². The van der Waals surface area contributed by atoms with Gasteiger partial charge < -0.3 is 14.5 Å². The zero-order valence-electron chi connectivity index (χ0n) is 18.3. The predicted octanol–water partition coefficient (Wildman–Crippen LogP) is 3.40. The van der Waals surface area contributed by atoms with Gasteiger partial charge in [0.1, 0.15) is 6.10 Å². The van der Waals surface area contributed by atoms with Crippen molar-refractivity contribution in [3.8, 4) is 0 Å². The van der Waals surface area contributed by atoms with Crippen LogP contribution in [-0.2, 0) is 23.0 Å². The average Bonchev–Trinajstić information content (AvgIpc) is 3.17. The molecule has 0 radical (unpaired) electrons. The molecule has 0 aliphatic carbocycles. The molecule has 6 heteroatoms. The molecule has 6 nitrogen and oxygen atoms in total. The van der Waals surface area contributed by atoms with Gasteiger partial charge >= 0.3 is 0 Å². The molecule has 1 spiro atoms. The second-order valence-corrected chi connectivity index (χ2v) is 8.96. The third kappa shape index (κ3) is 3.98. The minimum atomic E-state index is -0.424. The number of rotatable bonds is 4. The van der Waals surface area contributed by atoms with E-state index in [4.69, 9.17) is 4.74 Å². The van der Waals surface area contributed by atoms with Crippen LogP contribution >= 0.6 is 0 Å². The topological polar surface area (TPSA) is 50.6 Å². The lowest BCUT2D eigenvalue weighted by Crippen LogP contribution is -2.61. The molecule has 1 unspecified atom stereocenters. The Hall–Kier alpha value is -2.70. The first kappa shape index (κ1) is 20.2. The Morgan fingerprint density at radius 3 is 2.68 bits per heavy atom. The number of anilines is 1. The van der Waals surface area contributed by atoms with E-state index in [0.29, 0.717) is 6.54 Å². The van der Waals surface area contributed by atoms with Gasteiger partial charge in [0.25, 0.3) is 5.91 Å². The van der Waals surface area contributed by atoms with E-state index in [2.05, 4.69) is 46.4 Å². The number of hydrogen-bond acceptors (Lipinski definition) is 4. The van der Waals surface area contributed by atoms with Gasteiger partial charge in [-0.2, -0.15) is 5.10 Å². The van der Waals surface area contributed by atoms with Gasteiger partial charge in [-0.15, -0.1) is 0 Å². The van der Waals surface area contributed by atoms with Crippen molar-refractivity contribution >= 4 is 22.5 Å². The van der Waals surface area contributed by atoms with E-state index >= 15 is 0 Å². The highest BCUT2D eigenvalue weighted by molar-refractivity contribution is 5.99. The summed E-state index contributed by atoms with van der Waals surface area (Å²) in [5, 5.41) is 5.41. The number of carbonyl (C=O) groups excluding carboxylic acids is 1. The first-order valence-corrected chi connectivity index (χ1v) is 11.2. The third-order valence-corrected chi connectivity index (χ3v) is 6.86. The van der Waals surface area contributed by atoms with E-state index in [1.807, 2.05) is 41.9 Å². The predicted molar refractivity (Wildman–Crippen MR) is 122 cm³/mol. The van der Waals surface area contributed by atoms with Gasteiger partial charge in [-0.05, 0) is 49.9 Å². The van der Waals surface area contributed by atoms with Gasteiger partial charge in [0.05, 0.1) is 23.9 Å². The van der Waals surface area contributed by atoms with Crippen LogP contribution in [0.1, 0.15) is 25.3 Å². The number of aromatic nitrogens is 2. The van der Waals surface area contributed by atoms with Crippen LogP contribution in [0, 0.1) is 0 Å². The van der Waals surface area contributed by atoms with Crippen molar-refractivity contribution in [3.05, 3.63) is 60.3 Å². The SMILES string of the molecule is CC1OC2(CCN(CCc3ccccc3)CC2)CN(c2ccc3cnn(C)c3c2)C1=O. The Morgan fingerprint density at radius 1 is 1.13 bits per heavy atom. The Kier molecular flexibility index (Phi) is 5.28. The quantitative estimate of drug-likeness (QED) is 0.652. The number of nitrogens with zero attached hydrogens (tertiary/aromatic N) is 4. The summed E-state index contributed by atoms with van der Waals surface area (Å²) >= 11 is 0. The van der Waals surface area contributed by atoms with Crippen LogP contribution in [0.3, 0.4) is 0 Å². The second kappa shape index (κ2) is 8.09. The summed E-state index contributed by atoms with van der Waals surface area (Å²) in [5.41, 5.74) is 3.09. The molecule has 2 aliphatic heterocycles. The molecule has 3 aromatic rings. The molecule has 3 heterocycles. The van der Waals surface area contributed by atoms with Crippen LogP contribution in [-0.4, -0.2) is 58.5 Å². The normalized spacial score (nSPS) is 21.8. The van der Waals surface area contributed by atoms with Crippen LogP contribution in [0.4, 0.5) is 5.69 Å². The van der Waals surface area contributed by atoms with Crippen molar-refractivity contribution < 1.29 is 9.53 Å². The monoisotopic (exact) mass is 418 g/mol. The average molecular weight is 419 g/mol. The standard InChI is InChI=1S/C25H30N4O2/c1-19-24(30)29(22-9-8-21-17-26-27(2)23(21)16-22)18-25(31-19)11-14-28(15-12-25)13-10-20-6-4-3-5-7-20/h3-9,16-17,19H,10-15,18H2,1-2H3. The lowest BCUT2D eigenvalue weighted by Gasteiger charge is -2.49. The molecule has 31 heavy (non-hydrogen) atoms. The summed E-state index contributed by atoms with van der Waals surface area (Å²) in [7, 11) is 1.93. The summed E-state index contributed by atoms with van der Waals surface area (Å²) in [4.78, 5) is 17.5. The van der Waals surface area contributed by atoms with Crippen molar-refractivity contribution in [3.63, 3.8) is 0 Å². The highest BCUT2D eigenvalue weighted by Gasteiger charge is 2.45. The fourth-order valence-corrected chi connectivity index (χ4v) is 4.96. The molecule has 1 aromatic heterocycles. The molecular weight excluding hydrogens is 388 g/mol. The zero-order chi connectivity index (χ0) is 21.4. The Labute approximate surface area is 183 Å². The molecule has 0 bridgehead atoms. The summed E-state index contributed by atoms with van der Waals surface area (Å²) in [5.74, 6) is 0.0404. The van der Waals surface area contributed by atoms with Gasteiger partial charge in [-0.1, -0.05) is 30.3 Å². The largest absolute Gasteiger partial charge is 0.360 e. The van der Waals surface area contributed by atoms with Crippen LogP contribution < -0.4 is 4.90 Å². The number of carbonyl (C=O) groups is 1. The highest BCUT2D eigenvalue weighted by atomic mass is 16.5. The number of hydrogen-bond donors (Lipinski definition) is 0. The Morgan fingerprint density at radius 2 is 1.90 bits per heavy atom. The van der Waals surface area contributed by atoms with Crippen molar-refractivity contribution in [1.82, 2.24) is 14.7 Å². The van der Waals surface area contributed by atoms with Crippen LogP contribution in [0.2, 0.25) is 0 Å². The van der Waals surface area contributed by atoms with E-state index in [1.54, 1.807) is 0 Å². The number of likely N-dealkylation sites (tertiary alicyclic amines) is 1. The van der Waals surface area contributed by atoms with Gasteiger partial charge in [0.2, 0.25) is 0 Å². The van der Waals surface area contributed by atoms with Crippen molar-refractivity contribution in [1.29, 1.82) is 0 Å². The first-order valence-electron chi connectivity index (χ1n) is 11.2. The number of aryl methyl sites for hydroxylation is 1. The highest BCUT2D eigenvalue weighted by Crippen LogP contribution is 2.35. The van der Waals surface area contributed by atoms with Gasteiger partial charge in [0, 0.05) is 37.8 Å². The van der Waals surface area contributed by atoms with Gasteiger partial charge in [-0.3, -0.25) is 9.48 Å². The van der Waals surface area contributed by atoms with Crippen LogP contribution in [0.5, 0.6) is 0 Å². The summed E-state index contributed by atoms with van der Waals surface area (Å²) in [6.07, 6.45) is 4.40. The van der Waals surface area contributed by atoms with Crippen LogP contribution in [0.25, 0.3) is 10.9 Å². The zero-order valence-corrected chi connectivity index (χ0v) is 18.3. The molecular formula is C25H30N4O2. The van der Waals surface area contributed by atoms with E-state index in [9.17, 15) is 4.79 Å². The molecule has 2 saturated heterocycles. The minimum Gasteiger partial charge on any atom is -0.360 e. The van der Waals surface area contributed by atoms with E-state index < -0.39 is 6.10 Å². The summed E-state index contributed by atoms with van der Waals surface area (Å²) in [6, 6.07) is 16.8. The number of piperidine rings is 1. The number of amides is 1. The molecule has 2 aromatic carbocycles. The van der Waals surface area contributed by atoms with Crippen LogP contribution in [0.15, 0.2) is 54.7 Å². The molecule has 2 fully saturated rings.